The van der Waals surface area contributed by atoms with Crippen LogP contribution in [0, 0.1) is 10.1 Å². The minimum Gasteiger partial charge on any atom is -0.377 e. The normalized spacial score (nSPS) is 10.1. The number of hydrogen-bond donors (Lipinski definition) is 0. The first-order chi connectivity index (χ1) is 6.66. The fourth-order valence-corrected chi connectivity index (χ4v) is 1.55. The first-order valence-electron chi connectivity index (χ1n) is 4.16. The summed E-state index contributed by atoms with van der Waals surface area (Å²) in [5.41, 5.74) is 0.864. The maximum atomic E-state index is 10.6. The molecule has 0 unspecified atom stereocenters. The molecular formula is C9H10BrNO3. The zero-order chi connectivity index (χ0) is 10.6. The van der Waals surface area contributed by atoms with Crippen molar-refractivity contribution in [2.24, 2.45) is 0 Å². The van der Waals surface area contributed by atoms with E-state index < -0.39 is 4.92 Å². The highest BCUT2D eigenvalue weighted by molar-refractivity contribution is 9.10. The third-order valence-electron chi connectivity index (χ3n) is 1.72. The van der Waals surface area contributed by atoms with Crippen LogP contribution >= 0.6 is 15.9 Å². The van der Waals surface area contributed by atoms with E-state index in [1.54, 1.807) is 12.1 Å². The third-order valence-corrected chi connectivity index (χ3v) is 2.63. The van der Waals surface area contributed by atoms with Gasteiger partial charge in [-0.3, -0.25) is 10.1 Å². The first-order valence-corrected chi connectivity index (χ1v) is 4.95. The predicted octanol–water partition coefficient (Wildman–Crippen LogP) is 2.89. The zero-order valence-electron chi connectivity index (χ0n) is 7.70. The van der Waals surface area contributed by atoms with E-state index in [4.69, 9.17) is 4.74 Å². The molecule has 0 atom stereocenters. The van der Waals surface area contributed by atoms with Crippen molar-refractivity contribution >= 4 is 21.6 Å². The van der Waals surface area contributed by atoms with Crippen molar-refractivity contribution in [3.8, 4) is 0 Å². The minimum atomic E-state index is -0.417. The lowest BCUT2D eigenvalue weighted by atomic mass is 10.2. The SMILES string of the molecule is CCOCc1cccc([N+](=O)[O-])c1Br. The highest BCUT2D eigenvalue weighted by Crippen LogP contribution is 2.28. The Bertz CT molecular complexity index is 341. The molecular weight excluding hydrogens is 250 g/mol. The Morgan fingerprint density at radius 3 is 2.86 bits per heavy atom. The van der Waals surface area contributed by atoms with E-state index >= 15 is 0 Å². The molecule has 0 aliphatic heterocycles. The van der Waals surface area contributed by atoms with E-state index in [1.165, 1.54) is 6.07 Å². The molecule has 5 heteroatoms. The van der Waals surface area contributed by atoms with Crippen LogP contribution in [0.15, 0.2) is 22.7 Å². The van der Waals surface area contributed by atoms with Crippen molar-refractivity contribution < 1.29 is 9.66 Å². The molecule has 76 valence electrons. The van der Waals surface area contributed by atoms with Gasteiger partial charge in [-0.1, -0.05) is 12.1 Å². The van der Waals surface area contributed by atoms with Crippen LogP contribution in [0.25, 0.3) is 0 Å². The molecule has 1 rings (SSSR count). The Morgan fingerprint density at radius 1 is 1.57 bits per heavy atom. The third kappa shape index (κ3) is 2.52. The van der Waals surface area contributed by atoms with Crippen LogP contribution in [0.5, 0.6) is 0 Å². The van der Waals surface area contributed by atoms with E-state index in [9.17, 15) is 10.1 Å². The van der Waals surface area contributed by atoms with E-state index in [-0.39, 0.29) is 5.69 Å². The quantitative estimate of drug-likeness (QED) is 0.617. The van der Waals surface area contributed by atoms with Crippen LogP contribution in [0.2, 0.25) is 0 Å². The number of nitro groups is 1. The van der Waals surface area contributed by atoms with Gasteiger partial charge in [0.1, 0.15) is 4.47 Å². The van der Waals surface area contributed by atoms with Gasteiger partial charge in [0.05, 0.1) is 11.5 Å². The van der Waals surface area contributed by atoms with E-state index in [1.807, 2.05) is 6.92 Å². The largest absolute Gasteiger partial charge is 0.377 e. The van der Waals surface area contributed by atoms with Crippen LogP contribution in [0.1, 0.15) is 12.5 Å². The molecule has 14 heavy (non-hydrogen) atoms. The average Bonchev–Trinajstić information content (AvgIpc) is 2.16. The molecule has 1 aromatic carbocycles. The van der Waals surface area contributed by atoms with E-state index in [0.717, 1.165) is 5.56 Å². The summed E-state index contributed by atoms with van der Waals surface area (Å²) in [6.07, 6.45) is 0. The van der Waals surface area contributed by atoms with Gasteiger partial charge in [0.15, 0.2) is 0 Å². The van der Waals surface area contributed by atoms with Gasteiger partial charge in [-0.2, -0.15) is 0 Å². The minimum absolute atomic E-state index is 0.0715. The van der Waals surface area contributed by atoms with Crippen molar-refractivity contribution in [2.75, 3.05) is 6.61 Å². The van der Waals surface area contributed by atoms with Crippen LogP contribution < -0.4 is 0 Å². The lowest BCUT2D eigenvalue weighted by molar-refractivity contribution is -0.385. The second-order valence-electron chi connectivity index (χ2n) is 2.64. The number of hydrogen-bond acceptors (Lipinski definition) is 3. The number of nitrogens with zero attached hydrogens (tertiary/aromatic N) is 1. The van der Waals surface area contributed by atoms with Crippen LogP contribution in [-0.2, 0) is 11.3 Å². The van der Waals surface area contributed by atoms with Gasteiger partial charge in [0.2, 0.25) is 0 Å². The molecule has 0 aliphatic rings. The van der Waals surface area contributed by atoms with Gasteiger partial charge < -0.3 is 4.74 Å². The monoisotopic (exact) mass is 259 g/mol. The molecule has 1 aromatic rings. The van der Waals surface area contributed by atoms with E-state index in [0.29, 0.717) is 17.7 Å². The first kappa shape index (κ1) is 11.1. The standard InChI is InChI=1S/C9H10BrNO3/c1-2-14-6-7-4-3-5-8(9(7)10)11(12)13/h3-5H,2,6H2,1H3. The number of ether oxygens (including phenoxy) is 1. The van der Waals surface area contributed by atoms with Gasteiger partial charge in [-0.15, -0.1) is 0 Å². The number of rotatable bonds is 4. The van der Waals surface area contributed by atoms with Crippen LogP contribution in [0.4, 0.5) is 5.69 Å². The summed E-state index contributed by atoms with van der Waals surface area (Å²) in [6, 6.07) is 4.91. The van der Waals surface area contributed by atoms with Gasteiger partial charge in [0, 0.05) is 12.7 Å². The predicted molar refractivity (Wildman–Crippen MR) is 56.1 cm³/mol. The summed E-state index contributed by atoms with van der Waals surface area (Å²) in [7, 11) is 0. The Hall–Kier alpha value is -0.940. The Labute approximate surface area is 90.2 Å². The van der Waals surface area contributed by atoms with Crippen LogP contribution in [0.3, 0.4) is 0 Å². The number of nitro benzene ring substituents is 1. The Balaban J connectivity index is 2.95. The topological polar surface area (TPSA) is 52.4 Å². The van der Waals surface area contributed by atoms with Gasteiger partial charge in [0.25, 0.3) is 5.69 Å². The van der Waals surface area contributed by atoms with Gasteiger partial charge in [-0.25, -0.2) is 0 Å². The molecule has 0 bridgehead atoms. The summed E-state index contributed by atoms with van der Waals surface area (Å²) in [5, 5.41) is 10.6. The Morgan fingerprint density at radius 2 is 2.29 bits per heavy atom. The molecule has 0 amide bonds. The summed E-state index contributed by atoms with van der Waals surface area (Å²) in [6.45, 7) is 2.86. The van der Waals surface area contributed by atoms with Crippen molar-refractivity contribution in [1.29, 1.82) is 0 Å². The lowest BCUT2D eigenvalue weighted by Gasteiger charge is -2.04. The molecule has 4 nitrogen and oxygen atoms in total. The highest BCUT2D eigenvalue weighted by atomic mass is 79.9. The van der Waals surface area contributed by atoms with Crippen LogP contribution in [-0.4, -0.2) is 11.5 Å². The maximum Gasteiger partial charge on any atom is 0.283 e. The van der Waals surface area contributed by atoms with E-state index in [2.05, 4.69) is 15.9 Å². The fourth-order valence-electron chi connectivity index (χ4n) is 1.03. The Kier molecular flexibility index (Phi) is 4.03. The summed E-state index contributed by atoms with van der Waals surface area (Å²) in [4.78, 5) is 10.2. The van der Waals surface area contributed by atoms with Gasteiger partial charge >= 0.3 is 0 Å². The molecule has 0 radical (unpaired) electrons. The molecule has 0 saturated carbocycles. The lowest BCUT2D eigenvalue weighted by Crippen LogP contribution is -1.96. The smallest absolute Gasteiger partial charge is 0.283 e. The van der Waals surface area contributed by atoms with Crippen molar-refractivity contribution in [2.45, 2.75) is 13.5 Å². The average molecular weight is 260 g/mol. The molecule has 0 fully saturated rings. The molecule has 0 aromatic heterocycles. The maximum absolute atomic E-state index is 10.6. The van der Waals surface area contributed by atoms with Crippen molar-refractivity contribution in [3.63, 3.8) is 0 Å². The second-order valence-corrected chi connectivity index (χ2v) is 3.44. The van der Waals surface area contributed by atoms with Gasteiger partial charge in [-0.05, 0) is 28.4 Å². The summed E-state index contributed by atoms with van der Waals surface area (Å²) < 4.78 is 5.68. The molecule has 0 saturated heterocycles. The number of halogens is 1. The summed E-state index contributed by atoms with van der Waals surface area (Å²) >= 11 is 3.19. The second kappa shape index (κ2) is 5.07. The molecule has 0 spiro atoms. The van der Waals surface area contributed by atoms with Crippen molar-refractivity contribution in [3.05, 3.63) is 38.3 Å². The molecule has 0 heterocycles. The molecule has 0 N–H and O–H groups in total. The summed E-state index contributed by atoms with van der Waals surface area (Å²) in [5.74, 6) is 0. The highest BCUT2D eigenvalue weighted by Gasteiger charge is 2.14. The van der Waals surface area contributed by atoms with Crippen molar-refractivity contribution in [1.82, 2.24) is 0 Å². The number of benzene rings is 1. The zero-order valence-corrected chi connectivity index (χ0v) is 9.28. The molecule has 0 aliphatic carbocycles. The fraction of sp³-hybridized carbons (Fsp3) is 0.333.